The third kappa shape index (κ3) is 5.05. The van der Waals surface area contributed by atoms with E-state index in [2.05, 4.69) is 0 Å². The number of alkyl halides is 2. The third-order valence-corrected chi connectivity index (χ3v) is 3.76. The fraction of sp³-hybridized carbons (Fsp3) is 0.867. The highest BCUT2D eigenvalue weighted by Crippen LogP contribution is 2.50. The number of allylic oxidation sites excluding steroid dienone is 2. The van der Waals surface area contributed by atoms with Gasteiger partial charge in [0, 0.05) is 12.5 Å². The van der Waals surface area contributed by atoms with Gasteiger partial charge in [0.25, 0.3) is 5.92 Å². The predicted molar refractivity (Wildman–Crippen MR) is 70.9 cm³/mol. The van der Waals surface area contributed by atoms with Crippen LogP contribution in [0.5, 0.6) is 0 Å². The van der Waals surface area contributed by atoms with Crippen molar-refractivity contribution in [2.75, 3.05) is 13.2 Å². The lowest BCUT2D eigenvalue weighted by Gasteiger charge is -2.16. The van der Waals surface area contributed by atoms with Crippen molar-refractivity contribution in [1.29, 1.82) is 0 Å². The van der Waals surface area contributed by atoms with E-state index in [9.17, 15) is 8.78 Å². The molecule has 106 valence electrons. The molecule has 1 saturated carbocycles. The first-order valence-electron chi connectivity index (χ1n) is 7.05. The standard InChI is InChI=1S/C15H26F2O/c1-4-18-12-14(10-11-14)8-6-5-7-9-15(16,17)13(2)3/h7,9,13H,4-6,8,10-12H2,1-3H3/b9-7+. The molecule has 0 radical (unpaired) electrons. The quantitative estimate of drug-likeness (QED) is 0.426. The fourth-order valence-electron chi connectivity index (χ4n) is 1.99. The lowest BCUT2D eigenvalue weighted by molar-refractivity contribution is 0.00600. The van der Waals surface area contributed by atoms with Gasteiger partial charge in [-0.25, -0.2) is 8.78 Å². The molecule has 0 bridgehead atoms. The Kier molecular flexibility index (Phi) is 5.77. The molecule has 0 amide bonds. The average Bonchev–Trinajstić information content (AvgIpc) is 3.06. The smallest absolute Gasteiger partial charge is 0.268 e. The van der Waals surface area contributed by atoms with Gasteiger partial charge < -0.3 is 4.74 Å². The topological polar surface area (TPSA) is 9.23 Å². The van der Waals surface area contributed by atoms with Crippen LogP contribution in [0.3, 0.4) is 0 Å². The highest BCUT2D eigenvalue weighted by Gasteiger charge is 2.41. The number of unbranched alkanes of at least 4 members (excludes halogenated alkanes) is 1. The second-order valence-corrected chi connectivity index (χ2v) is 5.76. The molecule has 0 spiro atoms. The van der Waals surface area contributed by atoms with E-state index in [1.165, 1.54) is 12.8 Å². The van der Waals surface area contributed by atoms with E-state index in [4.69, 9.17) is 4.74 Å². The van der Waals surface area contributed by atoms with Crippen LogP contribution in [-0.2, 0) is 4.74 Å². The molecule has 1 rings (SSSR count). The Labute approximate surface area is 110 Å². The molecule has 0 atom stereocenters. The first-order valence-corrected chi connectivity index (χ1v) is 7.05. The molecule has 1 nitrogen and oxygen atoms in total. The van der Waals surface area contributed by atoms with Crippen LogP contribution in [0.15, 0.2) is 12.2 Å². The molecular formula is C15H26F2O. The van der Waals surface area contributed by atoms with Gasteiger partial charge in [0.2, 0.25) is 0 Å². The molecule has 0 aromatic heterocycles. The number of ether oxygens (including phenoxy) is 1. The summed E-state index contributed by atoms with van der Waals surface area (Å²) in [6, 6.07) is 0. The Morgan fingerprint density at radius 1 is 1.33 bits per heavy atom. The van der Waals surface area contributed by atoms with Crippen molar-refractivity contribution < 1.29 is 13.5 Å². The zero-order valence-electron chi connectivity index (χ0n) is 11.8. The maximum absolute atomic E-state index is 13.3. The van der Waals surface area contributed by atoms with E-state index < -0.39 is 11.8 Å². The molecule has 0 saturated heterocycles. The van der Waals surface area contributed by atoms with E-state index in [1.54, 1.807) is 19.9 Å². The Bertz CT molecular complexity index is 268. The molecule has 18 heavy (non-hydrogen) atoms. The SMILES string of the molecule is CCOCC1(CCC/C=C/C(F)(F)C(C)C)CC1. The van der Waals surface area contributed by atoms with Crippen molar-refractivity contribution in [1.82, 2.24) is 0 Å². The van der Waals surface area contributed by atoms with Crippen LogP contribution >= 0.6 is 0 Å². The van der Waals surface area contributed by atoms with Gasteiger partial charge in [0.15, 0.2) is 0 Å². The van der Waals surface area contributed by atoms with Crippen molar-refractivity contribution >= 4 is 0 Å². The Balaban J connectivity index is 2.17. The summed E-state index contributed by atoms with van der Waals surface area (Å²) in [5.74, 6) is -3.29. The molecule has 0 unspecified atom stereocenters. The summed E-state index contributed by atoms with van der Waals surface area (Å²) in [5, 5.41) is 0. The van der Waals surface area contributed by atoms with Crippen molar-refractivity contribution in [2.45, 2.75) is 58.8 Å². The van der Waals surface area contributed by atoms with E-state index >= 15 is 0 Å². The second kappa shape index (κ2) is 6.65. The zero-order valence-corrected chi connectivity index (χ0v) is 11.8. The van der Waals surface area contributed by atoms with Crippen LogP contribution < -0.4 is 0 Å². The second-order valence-electron chi connectivity index (χ2n) is 5.76. The molecular weight excluding hydrogens is 234 g/mol. The summed E-state index contributed by atoms with van der Waals surface area (Å²) in [6.45, 7) is 6.71. The minimum atomic E-state index is -2.66. The highest BCUT2D eigenvalue weighted by molar-refractivity contribution is 4.98. The molecule has 1 aliphatic carbocycles. The van der Waals surface area contributed by atoms with Crippen LogP contribution in [0, 0.1) is 11.3 Å². The van der Waals surface area contributed by atoms with Gasteiger partial charge in [-0.1, -0.05) is 19.9 Å². The van der Waals surface area contributed by atoms with Gasteiger partial charge in [-0.2, -0.15) is 0 Å². The van der Waals surface area contributed by atoms with Gasteiger partial charge in [-0.15, -0.1) is 0 Å². The molecule has 1 fully saturated rings. The monoisotopic (exact) mass is 260 g/mol. The number of hydrogen-bond acceptors (Lipinski definition) is 1. The van der Waals surface area contributed by atoms with Crippen molar-refractivity contribution in [3.63, 3.8) is 0 Å². The summed E-state index contributed by atoms with van der Waals surface area (Å²) < 4.78 is 32.0. The maximum atomic E-state index is 13.3. The Morgan fingerprint density at radius 2 is 2.00 bits per heavy atom. The van der Waals surface area contributed by atoms with Gasteiger partial charge in [0.05, 0.1) is 6.61 Å². The number of rotatable bonds is 9. The first kappa shape index (κ1) is 15.6. The molecule has 0 aromatic carbocycles. The van der Waals surface area contributed by atoms with E-state index in [-0.39, 0.29) is 0 Å². The lowest BCUT2D eigenvalue weighted by Crippen LogP contribution is -2.20. The van der Waals surface area contributed by atoms with Crippen LogP contribution in [0.2, 0.25) is 0 Å². The Morgan fingerprint density at radius 3 is 2.50 bits per heavy atom. The van der Waals surface area contributed by atoms with Gasteiger partial charge in [-0.05, 0) is 50.5 Å². The summed E-state index contributed by atoms with van der Waals surface area (Å²) in [6.07, 6.45) is 8.01. The zero-order chi connectivity index (χ0) is 13.6. The fourth-order valence-corrected chi connectivity index (χ4v) is 1.99. The van der Waals surface area contributed by atoms with E-state index in [1.807, 2.05) is 6.92 Å². The number of hydrogen-bond donors (Lipinski definition) is 0. The normalized spacial score (nSPS) is 18.8. The summed E-state index contributed by atoms with van der Waals surface area (Å²) in [7, 11) is 0. The Hall–Kier alpha value is -0.440. The molecule has 0 heterocycles. The van der Waals surface area contributed by atoms with Gasteiger partial charge >= 0.3 is 0 Å². The summed E-state index contributed by atoms with van der Waals surface area (Å²) in [5.41, 5.74) is 0.379. The summed E-state index contributed by atoms with van der Waals surface area (Å²) in [4.78, 5) is 0. The van der Waals surface area contributed by atoms with Crippen molar-refractivity contribution in [3.8, 4) is 0 Å². The van der Waals surface area contributed by atoms with Gasteiger partial charge in [0.1, 0.15) is 0 Å². The molecule has 0 N–H and O–H groups in total. The van der Waals surface area contributed by atoms with E-state index in [0.29, 0.717) is 5.41 Å². The van der Waals surface area contributed by atoms with Crippen LogP contribution in [0.4, 0.5) is 8.78 Å². The first-order chi connectivity index (χ1) is 8.42. The van der Waals surface area contributed by atoms with Crippen LogP contribution in [0.25, 0.3) is 0 Å². The minimum absolute atomic E-state index is 0.379. The van der Waals surface area contributed by atoms with Crippen molar-refractivity contribution in [2.24, 2.45) is 11.3 Å². The lowest BCUT2D eigenvalue weighted by atomic mass is 9.99. The van der Waals surface area contributed by atoms with Crippen LogP contribution in [-0.4, -0.2) is 19.1 Å². The largest absolute Gasteiger partial charge is 0.381 e. The highest BCUT2D eigenvalue weighted by atomic mass is 19.3. The number of halogens is 2. The van der Waals surface area contributed by atoms with Crippen LogP contribution in [0.1, 0.15) is 52.9 Å². The van der Waals surface area contributed by atoms with Gasteiger partial charge in [-0.3, -0.25) is 0 Å². The van der Waals surface area contributed by atoms with Crippen molar-refractivity contribution in [3.05, 3.63) is 12.2 Å². The maximum Gasteiger partial charge on any atom is 0.268 e. The average molecular weight is 260 g/mol. The molecule has 3 heteroatoms. The van der Waals surface area contributed by atoms with E-state index in [0.717, 1.165) is 38.6 Å². The minimum Gasteiger partial charge on any atom is -0.381 e. The summed E-state index contributed by atoms with van der Waals surface area (Å²) >= 11 is 0. The molecule has 0 aliphatic heterocycles. The third-order valence-electron chi connectivity index (χ3n) is 3.76. The predicted octanol–water partition coefficient (Wildman–Crippen LogP) is 4.82. The molecule has 1 aliphatic rings. The molecule has 0 aromatic rings.